The molecule has 0 fully saturated rings. The van der Waals surface area contributed by atoms with Crippen molar-refractivity contribution in [2.24, 2.45) is 0 Å². The van der Waals surface area contributed by atoms with E-state index in [4.69, 9.17) is 0 Å². The van der Waals surface area contributed by atoms with Gasteiger partial charge in [-0.05, 0) is 35.9 Å². The van der Waals surface area contributed by atoms with E-state index >= 15 is 0 Å². The maximum atomic E-state index is 2.27. The van der Waals surface area contributed by atoms with Gasteiger partial charge in [0.25, 0.3) is 0 Å². The zero-order valence-electron chi connectivity index (χ0n) is 10.5. The summed E-state index contributed by atoms with van der Waals surface area (Å²) in [5.74, 6) is 0. The van der Waals surface area contributed by atoms with Gasteiger partial charge < -0.3 is 0 Å². The number of aryl methyl sites for hydroxylation is 1. The standard InChI is InChI=1S/C17H16N/c1-2-18-12-6-5-9-17(18)16-11-10-14-7-3-4-8-15(14)13-16/h3-13H,2H2,1H3/q+1. The average Bonchev–Trinajstić information content (AvgIpc) is 2.46. The van der Waals surface area contributed by atoms with Gasteiger partial charge in [0.2, 0.25) is 5.69 Å². The first-order valence-corrected chi connectivity index (χ1v) is 6.36. The molecule has 0 aliphatic heterocycles. The van der Waals surface area contributed by atoms with E-state index in [1.807, 2.05) is 0 Å². The van der Waals surface area contributed by atoms with E-state index in [2.05, 4.69) is 78.4 Å². The van der Waals surface area contributed by atoms with Gasteiger partial charge in [0.1, 0.15) is 6.54 Å². The van der Waals surface area contributed by atoms with Crippen LogP contribution in [0.1, 0.15) is 6.92 Å². The lowest BCUT2D eigenvalue weighted by atomic mass is 10.0. The smallest absolute Gasteiger partial charge is 0.199 e. The highest BCUT2D eigenvalue weighted by molar-refractivity contribution is 5.86. The van der Waals surface area contributed by atoms with E-state index in [9.17, 15) is 0 Å². The molecule has 0 atom stereocenters. The molecule has 0 amide bonds. The van der Waals surface area contributed by atoms with Gasteiger partial charge in [-0.2, -0.15) is 4.57 Å². The Labute approximate surface area is 107 Å². The number of rotatable bonds is 2. The summed E-state index contributed by atoms with van der Waals surface area (Å²) in [6.45, 7) is 3.16. The fourth-order valence-electron chi connectivity index (χ4n) is 2.36. The van der Waals surface area contributed by atoms with Crippen molar-refractivity contribution < 1.29 is 4.57 Å². The highest BCUT2D eigenvalue weighted by atomic mass is 14.9. The van der Waals surface area contributed by atoms with Crippen LogP contribution in [0.15, 0.2) is 66.9 Å². The quantitative estimate of drug-likeness (QED) is 0.594. The molecule has 0 spiro atoms. The fourth-order valence-corrected chi connectivity index (χ4v) is 2.36. The topological polar surface area (TPSA) is 3.88 Å². The monoisotopic (exact) mass is 234 g/mol. The Kier molecular flexibility index (Phi) is 2.81. The second-order valence-corrected chi connectivity index (χ2v) is 4.43. The average molecular weight is 234 g/mol. The Morgan fingerprint density at radius 2 is 1.61 bits per heavy atom. The molecule has 0 aliphatic rings. The van der Waals surface area contributed by atoms with Crippen LogP contribution in [0, 0.1) is 0 Å². The predicted octanol–water partition coefficient (Wildman–Crippen LogP) is 3.81. The van der Waals surface area contributed by atoms with Crippen molar-refractivity contribution in [3.05, 3.63) is 66.9 Å². The van der Waals surface area contributed by atoms with Crippen molar-refractivity contribution in [3.8, 4) is 11.3 Å². The first kappa shape index (κ1) is 11.0. The van der Waals surface area contributed by atoms with Gasteiger partial charge in [0.15, 0.2) is 6.20 Å². The van der Waals surface area contributed by atoms with E-state index in [-0.39, 0.29) is 0 Å². The van der Waals surface area contributed by atoms with Crippen LogP contribution in [0.4, 0.5) is 0 Å². The normalized spacial score (nSPS) is 10.7. The van der Waals surface area contributed by atoms with Gasteiger partial charge in [-0.3, -0.25) is 0 Å². The van der Waals surface area contributed by atoms with Crippen molar-refractivity contribution in [3.63, 3.8) is 0 Å². The second-order valence-electron chi connectivity index (χ2n) is 4.43. The van der Waals surface area contributed by atoms with Gasteiger partial charge in [-0.15, -0.1) is 0 Å². The molecule has 2 aromatic carbocycles. The van der Waals surface area contributed by atoms with Crippen molar-refractivity contribution in [2.75, 3.05) is 0 Å². The van der Waals surface area contributed by atoms with Crippen molar-refractivity contribution >= 4 is 10.8 Å². The first-order chi connectivity index (χ1) is 8.88. The van der Waals surface area contributed by atoms with Crippen LogP contribution in [0.2, 0.25) is 0 Å². The van der Waals surface area contributed by atoms with Crippen LogP contribution < -0.4 is 4.57 Å². The van der Waals surface area contributed by atoms with E-state index in [1.54, 1.807) is 0 Å². The molecular weight excluding hydrogens is 218 g/mol. The lowest BCUT2D eigenvalue weighted by molar-refractivity contribution is -0.682. The number of fused-ring (bicyclic) bond motifs is 1. The SMILES string of the molecule is CC[n+]1ccccc1-c1ccc2ccccc2c1. The van der Waals surface area contributed by atoms with E-state index < -0.39 is 0 Å². The van der Waals surface area contributed by atoms with Gasteiger partial charge in [-0.1, -0.05) is 30.3 Å². The molecule has 0 bridgehead atoms. The minimum absolute atomic E-state index is 0.989. The minimum atomic E-state index is 0.989. The summed E-state index contributed by atoms with van der Waals surface area (Å²) in [5.41, 5.74) is 2.54. The number of pyridine rings is 1. The fraction of sp³-hybridized carbons (Fsp3) is 0.118. The Morgan fingerprint density at radius 3 is 2.44 bits per heavy atom. The second kappa shape index (κ2) is 4.61. The number of hydrogen-bond acceptors (Lipinski definition) is 0. The molecule has 1 nitrogen and oxygen atoms in total. The molecule has 0 radical (unpaired) electrons. The van der Waals surface area contributed by atoms with E-state index in [0.717, 1.165) is 6.54 Å². The molecule has 1 aromatic heterocycles. The lowest BCUT2D eigenvalue weighted by Gasteiger charge is -2.03. The number of hydrogen-bond donors (Lipinski definition) is 0. The molecule has 0 N–H and O–H groups in total. The maximum absolute atomic E-state index is 2.27. The van der Waals surface area contributed by atoms with Crippen molar-refractivity contribution in [2.45, 2.75) is 13.5 Å². The molecule has 0 saturated carbocycles. The van der Waals surface area contributed by atoms with E-state index in [0.29, 0.717) is 0 Å². The summed E-state index contributed by atoms with van der Waals surface area (Å²) < 4.78 is 2.27. The van der Waals surface area contributed by atoms with Gasteiger partial charge in [0, 0.05) is 17.7 Å². The van der Waals surface area contributed by atoms with E-state index in [1.165, 1.54) is 22.0 Å². The molecule has 1 heteroatoms. The van der Waals surface area contributed by atoms with Crippen LogP contribution in [-0.4, -0.2) is 0 Å². The van der Waals surface area contributed by atoms with Gasteiger partial charge in [0.05, 0.1) is 0 Å². The van der Waals surface area contributed by atoms with Crippen molar-refractivity contribution in [1.82, 2.24) is 0 Å². The number of nitrogens with zero attached hydrogens (tertiary/aromatic N) is 1. The molecule has 3 rings (SSSR count). The summed E-state index contributed by atoms with van der Waals surface area (Å²) in [5, 5.41) is 2.58. The molecule has 1 heterocycles. The number of aromatic nitrogens is 1. The Balaban J connectivity index is 2.19. The summed E-state index contributed by atoms with van der Waals surface area (Å²) in [4.78, 5) is 0. The van der Waals surface area contributed by atoms with Gasteiger partial charge in [-0.25, -0.2) is 0 Å². The van der Waals surface area contributed by atoms with Crippen molar-refractivity contribution in [1.29, 1.82) is 0 Å². The number of benzene rings is 2. The predicted molar refractivity (Wildman–Crippen MR) is 75.3 cm³/mol. The largest absolute Gasteiger partial charge is 0.212 e. The Morgan fingerprint density at radius 1 is 0.833 bits per heavy atom. The first-order valence-electron chi connectivity index (χ1n) is 6.36. The summed E-state index contributed by atoms with van der Waals surface area (Å²) in [7, 11) is 0. The lowest BCUT2D eigenvalue weighted by Crippen LogP contribution is -2.34. The summed E-state index contributed by atoms with van der Waals surface area (Å²) >= 11 is 0. The Hall–Kier alpha value is -2.15. The van der Waals surface area contributed by atoms with Crippen LogP contribution >= 0.6 is 0 Å². The third-order valence-corrected chi connectivity index (χ3v) is 3.33. The van der Waals surface area contributed by atoms with Crippen LogP contribution in [0.3, 0.4) is 0 Å². The third kappa shape index (κ3) is 1.88. The van der Waals surface area contributed by atoms with Crippen LogP contribution in [0.25, 0.3) is 22.0 Å². The summed E-state index contributed by atoms with van der Waals surface area (Å²) in [6.07, 6.45) is 2.13. The van der Waals surface area contributed by atoms with Gasteiger partial charge >= 0.3 is 0 Å². The molecule has 3 aromatic rings. The molecular formula is C17H16N+. The minimum Gasteiger partial charge on any atom is -0.199 e. The molecule has 0 unspecified atom stereocenters. The molecule has 18 heavy (non-hydrogen) atoms. The molecule has 88 valence electrons. The van der Waals surface area contributed by atoms with Crippen LogP contribution in [0.5, 0.6) is 0 Å². The maximum Gasteiger partial charge on any atom is 0.212 e. The van der Waals surface area contributed by atoms with Crippen LogP contribution in [-0.2, 0) is 6.54 Å². The zero-order chi connectivity index (χ0) is 12.4. The summed E-state index contributed by atoms with van der Waals surface area (Å²) in [6, 6.07) is 21.5. The Bertz CT molecular complexity index is 686. The highest BCUT2D eigenvalue weighted by Crippen LogP contribution is 2.21. The zero-order valence-corrected chi connectivity index (χ0v) is 10.5. The highest BCUT2D eigenvalue weighted by Gasteiger charge is 2.10. The molecule has 0 saturated heterocycles. The molecule has 0 aliphatic carbocycles. The third-order valence-electron chi connectivity index (χ3n) is 3.33.